The van der Waals surface area contributed by atoms with Crippen molar-refractivity contribution in [2.75, 3.05) is 74.1 Å². The van der Waals surface area contributed by atoms with E-state index < -0.39 is 15.2 Å². The summed E-state index contributed by atoms with van der Waals surface area (Å²) in [5.41, 5.74) is 8.17. The summed E-state index contributed by atoms with van der Waals surface area (Å²) in [6.45, 7) is 1.28. The van der Waals surface area contributed by atoms with Crippen LogP contribution in [0.25, 0.3) is 65.3 Å². The predicted octanol–water partition coefficient (Wildman–Crippen LogP) is 13.4. The van der Waals surface area contributed by atoms with Gasteiger partial charge in [0, 0.05) is 63.5 Å². The Balaban J connectivity index is 0.915. The molecule has 0 fully saturated rings. The molecule has 8 aromatic carbocycles. The molecule has 0 amide bonds. The monoisotopic (exact) mass is 842 g/mol. The molecule has 2 heterocycles. The fourth-order valence-electron chi connectivity index (χ4n) is 9.85. The lowest BCUT2D eigenvalue weighted by Gasteiger charge is -2.41. The fraction of sp³-hybridized carbons (Fsp3) is 0.216. The Labute approximate surface area is 359 Å². The molecule has 0 bridgehead atoms. The van der Waals surface area contributed by atoms with Gasteiger partial charge in [0.15, 0.2) is 0 Å². The third kappa shape index (κ3) is 6.26. The molecule has 308 valence electrons. The average Bonchev–Trinajstić information content (AvgIpc) is 3.40. The summed E-state index contributed by atoms with van der Waals surface area (Å²) >= 11 is 0. The molecule has 0 saturated heterocycles. The van der Waals surface area contributed by atoms with Gasteiger partial charge in [-0.15, -0.1) is 0 Å². The highest BCUT2D eigenvalue weighted by Gasteiger charge is 2.44. The van der Waals surface area contributed by atoms with Crippen molar-refractivity contribution in [3.63, 3.8) is 0 Å². The van der Waals surface area contributed by atoms with Crippen molar-refractivity contribution in [3.8, 4) is 22.3 Å². The molecule has 2 aliphatic heterocycles. The quantitative estimate of drug-likeness (QED) is 0.111. The zero-order valence-electron chi connectivity index (χ0n) is 35.8. The first-order chi connectivity index (χ1) is 29.5. The minimum Gasteiger partial charge on any atom is -0.297 e. The lowest BCUT2D eigenvalue weighted by molar-refractivity contribution is 0.423. The van der Waals surface area contributed by atoms with Crippen LogP contribution in [0.2, 0.25) is 0 Å². The van der Waals surface area contributed by atoms with Gasteiger partial charge in [-0.1, -0.05) is 103 Å². The third-order valence-corrected chi connectivity index (χ3v) is 19.5. The van der Waals surface area contributed by atoms with Crippen LogP contribution < -0.4 is 18.7 Å². The summed E-state index contributed by atoms with van der Waals surface area (Å²) < 4.78 is 43.9. The van der Waals surface area contributed by atoms with Crippen LogP contribution in [0.15, 0.2) is 146 Å². The molecular weight excluding hydrogens is 791 g/mol. The molecule has 0 aromatic heterocycles. The molecule has 8 nitrogen and oxygen atoms in total. The van der Waals surface area contributed by atoms with Gasteiger partial charge >= 0.3 is 15.2 Å². The van der Waals surface area contributed by atoms with Crippen LogP contribution >= 0.6 is 15.2 Å². The molecule has 10 rings (SSSR count). The van der Waals surface area contributed by atoms with Crippen LogP contribution in [0.1, 0.15) is 19.3 Å². The Morgan fingerprint density at radius 2 is 0.574 bits per heavy atom. The zero-order chi connectivity index (χ0) is 42.2. The van der Waals surface area contributed by atoms with Crippen LogP contribution in [0, 0.1) is 0 Å². The van der Waals surface area contributed by atoms with E-state index in [1.165, 1.54) is 0 Å². The molecule has 0 atom stereocenters. The van der Waals surface area contributed by atoms with E-state index in [1.54, 1.807) is 0 Å². The van der Waals surface area contributed by atoms with Crippen molar-refractivity contribution >= 4 is 81.0 Å². The van der Waals surface area contributed by atoms with E-state index in [-0.39, 0.29) is 0 Å². The van der Waals surface area contributed by atoms with Crippen molar-refractivity contribution in [2.45, 2.75) is 19.3 Å². The Morgan fingerprint density at radius 1 is 0.361 bits per heavy atom. The van der Waals surface area contributed by atoms with Gasteiger partial charge in [-0.25, -0.2) is 9.34 Å². The minimum atomic E-state index is -3.34. The smallest absolute Gasteiger partial charge is 0.297 e. The normalized spacial score (nSPS) is 15.6. The van der Waals surface area contributed by atoms with E-state index in [2.05, 4.69) is 155 Å². The predicted molar refractivity (Wildman–Crippen MR) is 262 cm³/mol. The molecule has 0 radical (unpaired) electrons. The van der Waals surface area contributed by atoms with Gasteiger partial charge in [-0.05, 0) is 119 Å². The number of rotatable bonds is 8. The molecule has 0 unspecified atom stereocenters. The number of benzene rings is 8. The highest BCUT2D eigenvalue weighted by atomic mass is 31.2. The van der Waals surface area contributed by atoms with Crippen molar-refractivity contribution in [1.29, 1.82) is 0 Å². The van der Waals surface area contributed by atoms with E-state index in [4.69, 9.17) is 0 Å². The van der Waals surface area contributed by atoms with Crippen LogP contribution in [0.5, 0.6) is 0 Å². The van der Waals surface area contributed by atoms with Gasteiger partial charge in [0.25, 0.3) is 0 Å². The van der Waals surface area contributed by atoms with Crippen molar-refractivity contribution in [1.82, 2.24) is 9.34 Å². The van der Waals surface area contributed by atoms with Gasteiger partial charge in [0.2, 0.25) is 0 Å². The SMILES string of the molecule is CN(CCCCCN(C)P1(=O)N(C)c2cc3ccccc3cc2-c2cc3ccccc3cc2N1C)P1(=O)N(C)c2cc3ccccc3cc2-c2cc3ccccc3cc2N1C. The topological polar surface area (TPSA) is 53.6 Å². The lowest BCUT2D eigenvalue weighted by Crippen LogP contribution is -2.36. The minimum absolute atomic E-state index is 0.639. The Hall–Kier alpha value is -5.62. The number of hydrogen-bond donors (Lipinski definition) is 0. The van der Waals surface area contributed by atoms with Crippen molar-refractivity contribution in [2.24, 2.45) is 0 Å². The van der Waals surface area contributed by atoms with E-state index >= 15 is 9.13 Å². The van der Waals surface area contributed by atoms with Gasteiger partial charge in [0.05, 0.1) is 22.7 Å². The number of unbranched alkanes of at least 4 members (excludes halogenated alkanes) is 2. The Bertz CT molecular complexity index is 2730. The summed E-state index contributed by atoms with van der Waals surface area (Å²) in [4.78, 5) is 0. The van der Waals surface area contributed by atoms with Crippen LogP contribution in [-0.4, -0.2) is 64.7 Å². The highest BCUT2D eigenvalue weighted by Crippen LogP contribution is 2.65. The molecule has 61 heavy (non-hydrogen) atoms. The van der Waals surface area contributed by atoms with Crippen molar-refractivity contribution in [3.05, 3.63) is 146 Å². The first-order valence-corrected chi connectivity index (χ1v) is 24.3. The Kier molecular flexibility index (Phi) is 9.77. The molecular formula is C51H52N6O2P2. The Morgan fingerprint density at radius 3 is 0.803 bits per heavy atom. The largest absolute Gasteiger partial charge is 0.334 e. The molecule has 0 N–H and O–H groups in total. The van der Waals surface area contributed by atoms with Gasteiger partial charge < -0.3 is 0 Å². The van der Waals surface area contributed by atoms with E-state index in [0.717, 1.165) is 107 Å². The number of hydrogen-bond acceptors (Lipinski definition) is 2. The van der Waals surface area contributed by atoms with E-state index in [9.17, 15) is 0 Å². The summed E-state index contributed by atoms with van der Waals surface area (Å²) in [6.07, 6.45) is 2.57. The zero-order valence-corrected chi connectivity index (χ0v) is 37.6. The standard InChI is InChI=1S/C51H52N6O2P2/c1-52(60(58)54(3)48-32-40-22-12-8-18-36(40)28-44(48)45-29-37-19-9-13-23-41(37)33-49(45)55(60)4)26-16-7-17-27-53(2)61(59)56(5)50-34-42-24-14-10-20-38(42)30-46(50)47-31-39-21-11-15-25-43(39)35-51(47)57(61)6/h8-15,18-25,28-35H,7,16-17,26-27H2,1-6H3. The number of anilines is 4. The second-order valence-corrected chi connectivity index (χ2v) is 22.6. The van der Waals surface area contributed by atoms with Gasteiger partial charge in [0.1, 0.15) is 0 Å². The van der Waals surface area contributed by atoms with Gasteiger partial charge in [-0.3, -0.25) is 27.8 Å². The molecule has 10 heteroatoms. The van der Waals surface area contributed by atoms with Crippen molar-refractivity contribution < 1.29 is 9.13 Å². The van der Waals surface area contributed by atoms with Gasteiger partial charge in [-0.2, -0.15) is 0 Å². The fourth-order valence-corrected chi connectivity index (χ4v) is 15.1. The van der Waals surface area contributed by atoms with Crippen LogP contribution in [0.3, 0.4) is 0 Å². The highest BCUT2D eigenvalue weighted by molar-refractivity contribution is 7.65. The van der Waals surface area contributed by atoms with E-state index in [0.29, 0.717) is 13.1 Å². The summed E-state index contributed by atoms with van der Waals surface area (Å²) in [6, 6.07) is 51.5. The maximum Gasteiger partial charge on any atom is 0.334 e. The summed E-state index contributed by atoms with van der Waals surface area (Å²) in [5.74, 6) is 0. The molecule has 0 aliphatic carbocycles. The maximum absolute atomic E-state index is 15.8. The molecule has 0 spiro atoms. The second-order valence-electron chi connectivity index (χ2n) is 16.8. The second kappa shape index (κ2) is 15.1. The first kappa shape index (κ1) is 39.5. The number of fused-ring (bicyclic) bond motifs is 10. The van der Waals surface area contributed by atoms with Crippen LogP contribution in [0.4, 0.5) is 22.7 Å². The first-order valence-electron chi connectivity index (χ1n) is 21.2. The average molecular weight is 843 g/mol. The summed E-state index contributed by atoms with van der Waals surface area (Å²) in [5, 5.41) is 9.12. The third-order valence-electron chi connectivity index (χ3n) is 13.3. The molecule has 8 aromatic rings. The molecule has 0 saturated carbocycles. The van der Waals surface area contributed by atoms with Crippen LogP contribution in [-0.2, 0) is 9.13 Å². The summed E-state index contributed by atoms with van der Waals surface area (Å²) in [7, 11) is 5.28. The maximum atomic E-state index is 15.8. The lowest BCUT2D eigenvalue weighted by atomic mass is 9.95. The molecule has 2 aliphatic rings. The van der Waals surface area contributed by atoms with E-state index in [1.807, 2.05) is 61.0 Å². The number of nitrogens with zero attached hydrogens (tertiary/aromatic N) is 6.